The number of nitrogens with one attached hydrogen (secondary N) is 1. The van der Waals surface area contributed by atoms with E-state index in [0.29, 0.717) is 23.5 Å². The van der Waals surface area contributed by atoms with Crippen molar-refractivity contribution >= 4 is 11.6 Å². The highest BCUT2D eigenvalue weighted by molar-refractivity contribution is 5.97. The number of hydrogen-bond donors (Lipinski definition) is 2. The molecule has 0 saturated carbocycles. The van der Waals surface area contributed by atoms with Gasteiger partial charge in [0.1, 0.15) is 5.75 Å². The molecule has 0 spiro atoms. The Bertz CT molecular complexity index is 419. The zero-order valence-electron chi connectivity index (χ0n) is 12.6. The van der Waals surface area contributed by atoms with Crippen LogP contribution in [0.5, 0.6) is 5.75 Å². The van der Waals surface area contributed by atoms with Gasteiger partial charge in [-0.25, -0.2) is 0 Å². The maximum absolute atomic E-state index is 12.0. The zero-order chi connectivity index (χ0) is 14.8. The Labute approximate surface area is 121 Å². The van der Waals surface area contributed by atoms with E-state index in [4.69, 9.17) is 10.5 Å². The van der Waals surface area contributed by atoms with E-state index in [1.165, 1.54) is 32.1 Å². The lowest BCUT2D eigenvalue weighted by Crippen LogP contribution is -2.25. The number of amides is 1. The number of hydrogen-bond acceptors (Lipinski definition) is 3. The number of nitrogens with two attached hydrogens (primary N) is 1. The number of carbonyl (C=O) groups is 1. The quantitative estimate of drug-likeness (QED) is 0.537. The van der Waals surface area contributed by atoms with Crippen molar-refractivity contribution in [3.8, 4) is 5.75 Å². The molecule has 0 aliphatic heterocycles. The molecular weight excluding hydrogens is 252 g/mol. The SMILES string of the molecule is CCCCCCCCNC(=O)c1ccc(N)cc1OC. The lowest BCUT2D eigenvalue weighted by Gasteiger charge is -2.10. The van der Waals surface area contributed by atoms with Gasteiger partial charge < -0.3 is 15.8 Å². The standard InChI is InChI=1S/C16H26N2O2/c1-3-4-5-6-7-8-11-18-16(19)14-10-9-13(17)12-15(14)20-2/h9-10,12H,3-8,11,17H2,1-2H3,(H,18,19). The summed E-state index contributed by atoms with van der Waals surface area (Å²) < 4.78 is 5.18. The van der Waals surface area contributed by atoms with Crippen molar-refractivity contribution in [2.45, 2.75) is 45.4 Å². The Morgan fingerprint density at radius 2 is 1.90 bits per heavy atom. The summed E-state index contributed by atoms with van der Waals surface area (Å²) in [6, 6.07) is 5.08. The van der Waals surface area contributed by atoms with Gasteiger partial charge in [-0.2, -0.15) is 0 Å². The molecule has 0 fully saturated rings. The van der Waals surface area contributed by atoms with Crippen LogP contribution in [0.2, 0.25) is 0 Å². The Morgan fingerprint density at radius 3 is 2.60 bits per heavy atom. The van der Waals surface area contributed by atoms with Crippen molar-refractivity contribution in [2.75, 3.05) is 19.4 Å². The van der Waals surface area contributed by atoms with E-state index in [1.54, 1.807) is 25.3 Å². The van der Waals surface area contributed by atoms with Crippen molar-refractivity contribution in [2.24, 2.45) is 0 Å². The second-order valence-corrected chi connectivity index (χ2v) is 4.98. The van der Waals surface area contributed by atoms with Crippen molar-refractivity contribution in [1.82, 2.24) is 5.32 Å². The summed E-state index contributed by atoms with van der Waals surface area (Å²) in [4.78, 5) is 12.0. The average Bonchev–Trinajstić information content (AvgIpc) is 2.45. The molecule has 0 radical (unpaired) electrons. The fraction of sp³-hybridized carbons (Fsp3) is 0.562. The number of ether oxygens (including phenoxy) is 1. The highest BCUT2D eigenvalue weighted by atomic mass is 16.5. The van der Waals surface area contributed by atoms with Crippen LogP contribution < -0.4 is 15.8 Å². The van der Waals surface area contributed by atoms with E-state index in [1.807, 2.05) is 0 Å². The van der Waals surface area contributed by atoms with Crippen molar-refractivity contribution in [3.05, 3.63) is 23.8 Å². The van der Waals surface area contributed by atoms with Crippen LogP contribution >= 0.6 is 0 Å². The minimum absolute atomic E-state index is 0.101. The van der Waals surface area contributed by atoms with Crippen LogP contribution in [-0.2, 0) is 0 Å². The lowest BCUT2D eigenvalue weighted by molar-refractivity contribution is 0.0950. The normalized spacial score (nSPS) is 10.3. The molecule has 0 heterocycles. The number of unbranched alkanes of at least 4 members (excludes halogenated alkanes) is 5. The predicted octanol–water partition coefficient (Wildman–Crippen LogP) is 3.37. The molecule has 4 heteroatoms. The van der Waals surface area contributed by atoms with Gasteiger partial charge in [0.2, 0.25) is 0 Å². The van der Waals surface area contributed by atoms with Gasteiger partial charge in [0.25, 0.3) is 5.91 Å². The van der Waals surface area contributed by atoms with Crippen molar-refractivity contribution < 1.29 is 9.53 Å². The van der Waals surface area contributed by atoms with Crippen LogP contribution in [-0.4, -0.2) is 19.6 Å². The first-order valence-electron chi connectivity index (χ1n) is 7.40. The number of methoxy groups -OCH3 is 1. The first kappa shape index (κ1) is 16.3. The van der Waals surface area contributed by atoms with Gasteiger partial charge in [-0.1, -0.05) is 39.0 Å². The third-order valence-corrected chi connectivity index (χ3v) is 3.29. The molecule has 0 aliphatic carbocycles. The van der Waals surface area contributed by atoms with Crippen molar-refractivity contribution in [1.29, 1.82) is 0 Å². The summed E-state index contributed by atoms with van der Waals surface area (Å²) in [5.74, 6) is 0.417. The zero-order valence-corrected chi connectivity index (χ0v) is 12.6. The number of anilines is 1. The summed E-state index contributed by atoms with van der Waals surface area (Å²) in [5.41, 5.74) is 6.80. The van der Waals surface area contributed by atoms with E-state index >= 15 is 0 Å². The molecule has 4 nitrogen and oxygen atoms in total. The number of rotatable bonds is 9. The fourth-order valence-corrected chi connectivity index (χ4v) is 2.10. The van der Waals surface area contributed by atoms with Crippen LogP contribution in [0.3, 0.4) is 0 Å². The number of nitrogen functional groups attached to an aromatic ring is 1. The molecule has 0 unspecified atom stereocenters. The Kier molecular flexibility index (Phi) is 7.55. The molecule has 1 aromatic rings. The van der Waals surface area contributed by atoms with Gasteiger partial charge in [-0.15, -0.1) is 0 Å². The van der Waals surface area contributed by atoms with Crippen LogP contribution in [0.1, 0.15) is 55.8 Å². The van der Waals surface area contributed by atoms with E-state index in [0.717, 1.165) is 6.42 Å². The molecule has 3 N–H and O–H groups in total. The molecule has 20 heavy (non-hydrogen) atoms. The number of benzene rings is 1. The summed E-state index contributed by atoms with van der Waals surface area (Å²) in [5, 5.41) is 2.92. The first-order chi connectivity index (χ1) is 9.69. The van der Waals surface area contributed by atoms with Gasteiger partial charge in [-0.05, 0) is 18.6 Å². The summed E-state index contributed by atoms with van der Waals surface area (Å²) in [6.45, 7) is 2.92. The third-order valence-electron chi connectivity index (χ3n) is 3.29. The molecule has 0 saturated heterocycles. The largest absolute Gasteiger partial charge is 0.496 e. The number of carbonyl (C=O) groups excluding carboxylic acids is 1. The van der Waals surface area contributed by atoms with E-state index in [2.05, 4.69) is 12.2 Å². The van der Waals surface area contributed by atoms with Gasteiger partial charge >= 0.3 is 0 Å². The second kappa shape index (κ2) is 9.23. The molecule has 1 aromatic carbocycles. The molecular formula is C16H26N2O2. The van der Waals surface area contributed by atoms with Crippen molar-refractivity contribution in [3.63, 3.8) is 0 Å². The Balaban J connectivity index is 2.32. The molecule has 0 aliphatic rings. The molecule has 112 valence electrons. The van der Waals surface area contributed by atoms with Gasteiger partial charge in [0.15, 0.2) is 0 Å². The minimum Gasteiger partial charge on any atom is -0.496 e. The predicted molar refractivity (Wildman–Crippen MR) is 83.1 cm³/mol. The van der Waals surface area contributed by atoms with E-state index in [-0.39, 0.29) is 5.91 Å². The molecule has 0 bridgehead atoms. The summed E-state index contributed by atoms with van der Waals surface area (Å²) in [7, 11) is 1.54. The Morgan fingerprint density at radius 1 is 1.20 bits per heavy atom. The highest BCUT2D eigenvalue weighted by Crippen LogP contribution is 2.21. The van der Waals surface area contributed by atoms with Crippen LogP contribution in [0.25, 0.3) is 0 Å². The van der Waals surface area contributed by atoms with E-state index in [9.17, 15) is 4.79 Å². The van der Waals surface area contributed by atoms with Gasteiger partial charge in [0.05, 0.1) is 12.7 Å². The molecule has 0 aromatic heterocycles. The topological polar surface area (TPSA) is 64.4 Å². The second-order valence-electron chi connectivity index (χ2n) is 4.98. The summed E-state index contributed by atoms with van der Waals surface area (Å²) >= 11 is 0. The van der Waals surface area contributed by atoms with Crippen LogP contribution in [0, 0.1) is 0 Å². The third kappa shape index (κ3) is 5.51. The lowest BCUT2D eigenvalue weighted by atomic mass is 10.1. The monoisotopic (exact) mass is 278 g/mol. The van der Waals surface area contributed by atoms with Crippen LogP contribution in [0.15, 0.2) is 18.2 Å². The molecule has 1 amide bonds. The molecule has 1 rings (SSSR count). The minimum atomic E-state index is -0.101. The van der Waals surface area contributed by atoms with Gasteiger partial charge in [0, 0.05) is 18.3 Å². The Hall–Kier alpha value is -1.71. The van der Waals surface area contributed by atoms with Crippen LogP contribution in [0.4, 0.5) is 5.69 Å². The molecule has 0 atom stereocenters. The average molecular weight is 278 g/mol. The first-order valence-corrected chi connectivity index (χ1v) is 7.40. The smallest absolute Gasteiger partial charge is 0.255 e. The van der Waals surface area contributed by atoms with Gasteiger partial charge in [-0.3, -0.25) is 4.79 Å². The van der Waals surface area contributed by atoms with E-state index < -0.39 is 0 Å². The summed E-state index contributed by atoms with van der Waals surface area (Å²) in [6.07, 6.45) is 7.28. The fourth-order valence-electron chi connectivity index (χ4n) is 2.10. The maximum atomic E-state index is 12.0. The maximum Gasteiger partial charge on any atom is 0.255 e. The highest BCUT2D eigenvalue weighted by Gasteiger charge is 2.11.